The number of hydrogen-bond donors (Lipinski definition) is 0. The molecule has 0 bridgehead atoms. The lowest BCUT2D eigenvalue weighted by atomic mass is 9.63. The SMILES string of the molecule is CO[C@@H]1CC[C@@H]2CCCCC(=O)[C@]2(C)C1. The Morgan fingerprint density at radius 3 is 2.80 bits per heavy atom. The van der Waals surface area contributed by atoms with Gasteiger partial charge in [-0.1, -0.05) is 13.3 Å². The molecule has 2 aliphatic carbocycles. The normalized spacial score (nSPS) is 42.1. The lowest BCUT2D eigenvalue weighted by Crippen LogP contribution is -2.42. The lowest BCUT2D eigenvalue weighted by Gasteiger charge is -2.42. The monoisotopic (exact) mass is 210 g/mol. The summed E-state index contributed by atoms with van der Waals surface area (Å²) >= 11 is 0. The van der Waals surface area contributed by atoms with Crippen molar-refractivity contribution in [2.24, 2.45) is 11.3 Å². The molecule has 3 atom stereocenters. The molecule has 0 unspecified atom stereocenters. The van der Waals surface area contributed by atoms with Crippen LogP contribution < -0.4 is 0 Å². The molecule has 86 valence electrons. The zero-order valence-corrected chi connectivity index (χ0v) is 9.92. The summed E-state index contributed by atoms with van der Waals surface area (Å²) in [6, 6.07) is 0. The number of methoxy groups -OCH3 is 1. The number of fused-ring (bicyclic) bond motifs is 1. The molecule has 0 amide bonds. The maximum absolute atomic E-state index is 12.2. The van der Waals surface area contributed by atoms with E-state index in [1.165, 1.54) is 19.3 Å². The van der Waals surface area contributed by atoms with Crippen molar-refractivity contribution >= 4 is 5.78 Å². The molecule has 2 rings (SSSR count). The van der Waals surface area contributed by atoms with E-state index in [-0.39, 0.29) is 5.41 Å². The highest BCUT2D eigenvalue weighted by molar-refractivity contribution is 5.85. The second kappa shape index (κ2) is 4.25. The summed E-state index contributed by atoms with van der Waals surface area (Å²) in [5.41, 5.74) is -0.0740. The van der Waals surface area contributed by atoms with E-state index in [0.29, 0.717) is 17.8 Å². The highest BCUT2D eigenvalue weighted by Crippen LogP contribution is 2.47. The van der Waals surface area contributed by atoms with Crippen molar-refractivity contribution in [3.05, 3.63) is 0 Å². The van der Waals surface area contributed by atoms with E-state index in [1.54, 1.807) is 7.11 Å². The number of carbonyl (C=O) groups is 1. The minimum atomic E-state index is -0.0740. The van der Waals surface area contributed by atoms with Crippen LogP contribution in [0.4, 0.5) is 0 Å². The van der Waals surface area contributed by atoms with Crippen LogP contribution in [0.25, 0.3) is 0 Å². The maximum atomic E-state index is 12.2. The summed E-state index contributed by atoms with van der Waals surface area (Å²) in [6.07, 6.45) is 7.97. The summed E-state index contributed by atoms with van der Waals surface area (Å²) in [4.78, 5) is 12.2. The first-order valence-electron chi connectivity index (χ1n) is 6.23. The standard InChI is InChI=1S/C13H22O2/c1-13-9-11(15-2)8-7-10(13)5-3-4-6-12(13)14/h10-11H,3-9H2,1-2H3/t10-,11+,13+/m0/s1. The molecule has 2 fully saturated rings. The molecule has 0 N–H and O–H groups in total. The molecule has 2 saturated carbocycles. The van der Waals surface area contributed by atoms with Crippen LogP contribution in [0.1, 0.15) is 51.9 Å². The number of ketones is 1. The Morgan fingerprint density at radius 1 is 1.27 bits per heavy atom. The number of carbonyl (C=O) groups excluding carboxylic acids is 1. The van der Waals surface area contributed by atoms with Crippen LogP contribution in [0.2, 0.25) is 0 Å². The van der Waals surface area contributed by atoms with Gasteiger partial charge >= 0.3 is 0 Å². The van der Waals surface area contributed by atoms with Gasteiger partial charge in [0, 0.05) is 18.9 Å². The van der Waals surface area contributed by atoms with Gasteiger partial charge in [0.05, 0.1) is 6.10 Å². The van der Waals surface area contributed by atoms with Crippen molar-refractivity contribution in [2.45, 2.75) is 58.0 Å². The van der Waals surface area contributed by atoms with Crippen molar-refractivity contribution in [2.75, 3.05) is 7.11 Å². The molecule has 2 aliphatic rings. The van der Waals surface area contributed by atoms with Crippen LogP contribution in [-0.4, -0.2) is 19.0 Å². The fourth-order valence-corrected chi connectivity index (χ4v) is 3.41. The average Bonchev–Trinajstić information content (AvgIpc) is 2.38. The Labute approximate surface area is 92.4 Å². The van der Waals surface area contributed by atoms with E-state index in [2.05, 4.69) is 6.92 Å². The molecular formula is C13H22O2. The largest absolute Gasteiger partial charge is 0.381 e. The summed E-state index contributed by atoms with van der Waals surface area (Å²) in [5.74, 6) is 1.12. The highest BCUT2D eigenvalue weighted by atomic mass is 16.5. The van der Waals surface area contributed by atoms with Crippen molar-refractivity contribution in [1.29, 1.82) is 0 Å². The van der Waals surface area contributed by atoms with Gasteiger partial charge in [0.25, 0.3) is 0 Å². The van der Waals surface area contributed by atoms with Gasteiger partial charge in [-0.25, -0.2) is 0 Å². The van der Waals surface area contributed by atoms with Gasteiger partial charge in [-0.3, -0.25) is 4.79 Å². The number of ether oxygens (including phenoxy) is 1. The van der Waals surface area contributed by atoms with Gasteiger partial charge < -0.3 is 4.74 Å². The van der Waals surface area contributed by atoms with E-state index in [9.17, 15) is 4.79 Å². The van der Waals surface area contributed by atoms with Crippen LogP contribution in [0, 0.1) is 11.3 Å². The molecular weight excluding hydrogens is 188 g/mol. The van der Waals surface area contributed by atoms with Crippen LogP contribution >= 0.6 is 0 Å². The zero-order valence-electron chi connectivity index (χ0n) is 9.92. The molecule has 0 aromatic carbocycles. The van der Waals surface area contributed by atoms with Crippen molar-refractivity contribution < 1.29 is 9.53 Å². The molecule has 0 radical (unpaired) electrons. The van der Waals surface area contributed by atoms with Crippen LogP contribution in [0.15, 0.2) is 0 Å². The average molecular weight is 210 g/mol. The van der Waals surface area contributed by atoms with E-state index in [1.807, 2.05) is 0 Å². The van der Waals surface area contributed by atoms with Crippen molar-refractivity contribution in [3.8, 4) is 0 Å². The summed E-state index contributed by atoms with van der Waals surface area (Å²) in [6.45, 7) is 2.18. The fourth-order valence-electron chi connectivity index (χ4n) is 3.41. The third kappa shape index (κ3) is 1.96. The second-order valence-corrected chi connectivity index (χ2v) is 5.42. The van der Waals surface area contributed by atoms with Crippen molar-refractivity contribution in [1.82, 2.24) is 0 Å². The first-order valence-corrected chi connectivity index (χ1v) is 6.23. The molecule has 2 heteroatoms. The van der Waals surface area contributed by atoms with Crippen LogP contribution in [0.3, 0.4) is 0 Å². The minimum Gasteiger partial charge on any atom is -0.381 e. The van der Waals surface area contributed by atoms with E-state index in [0.717, 1.165) is 25.7 Å². The Kier molecular flexibility index (Phi) is 3.15. The maximum Gasteiger partial charge on any atom is 0.139 e. The summed E-state index contributed by atoms with van der Waals surface area (Å²) < 4.78 is 5.44. The van der Waals surface area contributed by atoms with Gasteiger partial charge in [-0.2, -0.15) is 0 Å². The van der Waals surface area contributed by atoms with Gasteiger partial charge in [0.2, 0.25) is 0 Å². The zero-order chi connectivity index (χ0) is 10.9. The fraction of sp³-hybridized carbons (Fsp3) is 0.923. The Bertz CT molecular complexity index is 249. The molecule has 0 aliphatic heterocycles. The van der Waals surface area contributed by atoms with E-state index >= 15 is 0 Å². The third-order valence-corrected chi connectivity index (χ3v) is 4.57. The van der Waals surface area contributed by atoms with Gasteiger partial charge in [-0.15, -0.1) is 0 Å². The molecule has 15 heavy (non-hydrogen) atoms. The quantitative estimate of drug-likeness (QED) is 0.665. The lowest BCUT2D eigenvalue weighted by molar-refractivity contribution is -0.136. The Morgan fingerprint density at radius 2 is 2.07 bits per heavy atom. The summed E-state index contributed by atoms with van der Waals surface area (Å²) in [7, 11) is 1.77. The van der Waals surface area contributed by atoms with E-state index in [4.69, 9.17) is 4.74 Å². The topological polar surface area (TPSA) is 26.3 Å². The second-order valence-electron chi connectivity index (χ2n) is 5.42. The highest BCUT2D eigenvalue weighted by Gasteiger charge is 2.45. The molecule has 0 aromatic heterocycles. The molecule has 0 aromatic rings. The predicted octanol–water partition coefficient (Wildman–Crippen LogP) is 2.95. The first kappa shape index (κ1) is 11.1. The smallest absolute Gasteiger partial charge is 0.139 e. The number of Topliss-reactive ketones (excluding diaryl/α,β-unsaturated/α-hetero) is 1. The third-order valence-electron chi connectivity index (χ3n) is 4.57. The summed E-state index contributed by atoms with van der Waals surface area (Å²) in [5, 5.41) is 0. The van der Waals surface area contributed by atoms with Crippen molar-refractivity contribution in [3.63, 3.8) is 0 Å². The molecule has 0 spiro atoms. The molecule has 0 saturated heterocycles. The first-order chi connectivity index (χ1) is 7.16. The van der Waals surface area contributed by atoms with Gasteiger partial charge in [-0.05, 0) is 38.0 Å². The minimum absolute atomic E-state index is 0.0740. The van der Waals surface area contributed by atoms with E-state index < -0.39 is 0 Å². The van der Waals surface area contributed by atoms with Crippen LogP contribution in [-0.2, 0) is 9.53 Å². The predicted molar refractivity (Wildman–Crippen MR) is 59.7 cm³/mol. The molecule has 2 nitrogen and oxygen atoms in total. The van der Waals surface area contributed by atoms with Crippen LogP contribution in [0.5, 0.6) is 0 Å². The number of hydrogen-bond acceptors (Lipinski definition) is 2. The Balaban J connectivity index is 2.18. The molecule has 0 heterocycles. The van der Waals surface area contributed by atoms with Gasteiger partial charge in [0.15, 0.2) is 0 Å². The number of rotatable bonds is 1. The van der Waals surface area contributed by atoms with Gasteiger partial charge in [0.1, 0.15) is 5.78 Å². The Hall–Kier alpha value is -0.370.